The lowest BCUT2D eigenvalue weighted by Gasteiger charge is -2.14. The third-order valence-corrected chi connectivity index (χ3v) is 4.92. The lowest BCUT2D eigenvalue weighted by Crippen LogP contribution is -2.38. The third-order valence-electron chi connectivity index (χ3n) is 3.55. The first-order chi connectivity index (χ1) is 12.4. The highest BCUT2D eigenvalue weighted by atomic mass is 35.5. The highest BCUT2D eigenvalue weighted by Gasteiger charge is 2.11. The monoisotopic (exact) mass is 402 g/mol. The number of alkyl halides is 2. The van der Waals surface area contributed by atoms with Crippen molar-refractivity contribution in [3.8, 4) is 5.75 Å². The number of benzene rings is 1. The number of aryl methyl sites for hydroxylation is 2. The van der Waals surface area contributed by atoms with Crippen LogP contribution in [0.25, 0.3) is 0 Å². The van der Waals surface area contributed by atoms with Crippen molar-refractivity contribution in [2.75, 3.05) is 13.6 Å². The molecule has 0 aliphatic carbocycles. The zero-order valence-corrected chi connectivity index (χ0v) is 16.3. The highest BCUT2D eigenvalue weighted by Crippen LogP contribution is 2.24. The van der Waals surface area contributed by atoms with Crippen LogP contribution in [0.4, 0.5) is 8.78 Å². The van der Waals surface area contributed by atoms with E-state index >= 15 is 0 Å². The molecule has 0 saturated carbocycles. The molecule has 2 aromatic rings. The van der Waals surface area contributed by atoms with Crippen LogP contribution >= 0.6 is 22.9 Å². The molecule has 2 rings (SSSR count). The molecule has 0 atom stereocenters. The first-order valence-electron chi connectivity index (χ1n) is 7.99. The van der Waals surface area contributed by atoms with Crippen molar-refractivity contribution in [2.45, 2.75) is 33.4 Å². The van der Waals surface area contributed by atoms with E-state index in [1.165, 1.54) is 17.0 Å². The van der Waals surface area contributed by atoms with E-state index in [-0.39, 0.29) is 12.3 Å². The van der Waals surface area contributed by atoms with Gasteiger partial charge in [-0.2, -0.15) is 8.78 Å². The van der Waals surface area contributed by atoms with Gasteiger partial charge in [0.25, 0.3) is 0 Å². The predicted octanol–water partition coefficient (Wildman–Crippen LogP) is 3.92. The molecule has 1 heterocycles. The highest BCUT2D eigenvalue weighted by molar-refractivity contribution is 7.11. The Balaban J connectivity index is 1.90. The van der Waals surface area contributed by atoms with Crippen LogP contribution in [0.3, 0.4) is 0 Å². The molecule has 0 spiro atoms. The van der Waals surface area contributed by atoms with Crippen molar-refractivity contribution in [2.24, 2.45) is 4.99 Å². The van der Waals surface area contributed by atoms with E-state index in [4.69, 9.17) is 11.6 Å². The fraction of sp³-hybridized carbons (Fsp3) is 0.412. The maximum Gasteiger partial charge on any atom is 0.387 e. The maximum absolute atomic E-state index is 12.5. The Kier molecular flexibility index (Phi) is 7.59. The lowest BCUT2D eigenvalue weighted by molar-refractivity contribution is -0.0504. The topological polar surface area (TPSA) is 58.5 Å². The molecule has 0 aliphatic heterocycles. The van der Waals surface area contributed by atoms with Gasteiger partial charge in [0.05, 0.1) is 10.7 Å². The average molecular weight is 403 g/mol. The standard InChI is InChI=1S/C17H21ClF2N4OS/c1-10-15(26-11(2)24-10)6-7-22-17(21-3)23-9-12-8-13(18)4-5-14(12)25-16(19)20/h4-5,8,16H,6-7,9H2,1-3H3,(H2,21,22,23). The maximum atomic E-state index is 12.5. The van der Waals surface area contributed by atoms with E-state index in [2.05, 4.69) is 25.3 Å². The number of halogens is 3. The van der Waals surface area contributed by atoms with Gasteiger partial charge >= 0.3 is 6.61 Å². The minimum absolute atomic E-state index is 0.0862. The first-order valence-corrected chi connectivity index (χ1v) is 9.19. The van der Waals surface area contributed by atoms with Gasteiger partial charge in [-0.15, -0.1) is 11.3 Å². The van der Waals surface area contributed by atoms with Crippen LogP contribution in [-0.4, -0.2) is 31.1 Å². The number of ether oxygens (including phenoxy) is 1. The fourth-order valence-corrected chi connectivity index (χ4v) is 3.53. The molecule has 26 heavy (non-hydrogen) atoms. The summed E-state index contributed by atoms with van der Waals surface area (Å²) in [5.74, 6) is 0.648. The Morgan fingerprint density at radius 3 is 2.73 bits per heavy atom. The van der Waals surface area contributed by atoms with Crippen molar-refractivity contribution in [1.29, 1.82) is 0 Å². The minimum atomic E-state index is -2.89. The molecule has 1 aromatic heterocycles. The van der Waals surface area contributed by atoms with Crippen LogP contribution in [0.15, 0.2) is 23.2 Å². The number of thiazole rings is 1. The van der Waals surface area contributed by atoms with Crippen LogP contribution in [0.2, 0.25) is 5.02 Å². The van der Waals surface area contributed by atoms with Crippen molar-refractivity contribution in [3.05, 3.63) is 44.4 Å². The van der Waals surface area contributed by atoms with Gasteiger partial charge in [0.15, 0.2) is 5.96 Å². The van der Waals surface area contributed by atoms with E-state index in [0.717, 1.165) is 17.1 Å². The van der Waals surface area contributed by atoms with Crippen LogP contribution in [-0.2, 0) is 13.0 Å². The molecule has 0 radical (unpaired) electrons. The molecule has 0 unspecified atom stereocenters. The van der Waals surface area contributed by atoms with Crippen molar-refractivity contribution < 1.29 is 13.5 Å². The van der Waals surface area contributed by atoms with Crippen molar-refractivity contribution in [3.63, 3.8) is 0 Å². The Morgan fingerprint density at radius 1 is 1.35 bits per heavy atom. The molecule has 2 N–H and O–H groups in total. The normalized spacial score (nSPS) is 11.7. The molecule has 9 heteroatoms. The molecule has 5 nitrogen and oxygen atoms in total. The van der Waals surface area contributed by atoms with Gasteiger partial charge in [-0.1, -0.05) is 11.6 Å². The van der Waals surface area contributed by atoms with Gasteiger partial charge in [-0.25, -0.2) is 4.98 Å². The summed E-state index contributed by atoms with van der Waals surface area (Å²) < 4.78 is 29.5. The Labute approximate surface area is 160 Å². The average Bonchev–Trinajstić information content (AvgIpc) is 2.90. The van der Waals surface area contributed by atoms with Crippen molar-refractivity contribution in [1.82, 2.24) is 15.6 Å². The molecule has 1 aromatic carbocycles. The van der Waals surface area contributed by atoms with Crippen molar-refractivity contribution >= 4 is 28.9 Å². The van der Waals surface area contributed by atoms with E-state index in [1.807, 2.05) is 13.8 Å². The number of aromatic nitrogens is 1. The molecular weight excluding hydrogens is 382 g/mol. The summed E-state index contributed by atoms with van der Waals surface area (Å²) in [6.45, 7) is 2.02. The summed E-state index contributed by atoms with van der Waals surface area (Å²) in [6, 6.07) is 4.52. The fourth-order valence-electron chi connectivity index (χ4n) is 2.40. The van der Waals surface area contributed by atoms with Gasteiger partial charge in [0.1, 0.15) is 5.75 Å². The zero-order valence-electron chi connectivity index (χ0n) is 14.8. The zero-order chi connectivity index (χ0) is 19.1. The summed E-state index contributed by atoms with van der Waals surface area (Å²) in [4.78, 5) is 9.77. The van der Waals surface area contributed by atoms with Crippen LogP contribution in [0.1, 0.15) is 21.1 Å². The van der Waals surface area contributed by atoms with Gasteiger partial charge in [-0.05, 0) is 32.0 Å². The Hall–Kier alpha value is -1.93. The summed E-state index contributed by atoms with van der Waals surface area (Å²) >= 11 is 7.63. The molecule has 0 saturated heterocycles. The molecule has 142 valence electrons. The summed E-state index contributed by atoms with van der Waals surface area (Å²) in [5.41, 5.74) is 1.57. The van der Waals surface area contributed by atoms with E-state index < -0.39 is 6.61 Å². The van der Waals surface area contributed by atoms with Gasteiger partial charge in [0, 0.05) is 42.0 Å². The van der Waals surface area contributed by atoms with Crippen LogP contribution in [0.5, 0.6) is 5.75 Å². The Bertz CT molecular complexity index is 767. The summed E-state index contributed by atoms with van der Waals surface area (Å²) in [7, 11) is 1.64. The van der Waals surface area contributed by atoms with Gasteiger partial charge in [-0.3, -0.25) is 4.99 Å². The van der Waals surface area contributed by atoms with E-state index in [9.17, 15) is 8.78 Å². The first kappa shape index (κ1) is 20.4. The molecule has 0 aliphatic rings. The number of hydrogen-bond acceptors (Lipinski definition) is 4. The number of rotatable bonds is 7. The lowest BCUT2D eigenvalue weighted by atomic mass is 10.2. The van der Waals surface area contributed by atoms with E-state index in [0.29, 0.717) is 23.1 Å². The number of aliphatic imine (C=N–C) groups is 1. The minimum Gasteiger partial charge on any atom is -0.434 e. The molecular formula is C17H21ClF2N4OS. The third kappa shape index (κ3) is 6.10. The van der Waals surface area contributed by atoms with Gasteiger partial charge < -0.3 is 15.4 Å². The molecule has 0 fully saturated rings. The Morgan fingerprint density at radius 2 is 2.12 bits per heavy atom. The number of hydrogen-bond donors (Lipinski definition) is 2. The SMILES string of the molecule is CN=C(NCCc1sc(C)nc1C)NCc1cc(Cl)ccc1OC(F)F. The van der Waals surface area contributed by atoms with Crippen LogP contribution in [0, 0.1) is 13.8 Å². The number of nitrogens with zero attached hydrogens (tertiary/aromatic N) is 2. The van der Waals surface area contributed by atoms with Gasteiger partial charge in [0.2, 0.25) is 0 Å². The second-order valence-corrected chi connectivity index (χ2v) is 7.20. The van der Waals surface area contributed by atoms with E-state index in [1.54, 1.807) is 24.5 Å². The predicted molar refractivity (Wildman–Crippen MR) is 102 cm³/mol. The second kappa shape index (κ2) is 9.68. The molecule has 0 bridgehead atoms. The second-order valence-electron chi connectivity index (χ2n) is 5.47. The quantitative estimate of drug-likeness (QED) is 0.544. The molecule has 0 amide bonds. The summed E-state index contributed by atoms with van der Waals surface area (Å²) in [6.07, 6.45) is 0.828. The number of nitrogens with one attached hydrogen (secondary N) is 2. The smallest absolute Gasteiger partial charge is 0.387 e. The van der Waals surface area contributed by atoms with Crippen LogP contribution < -0.4 is 15.4 Å². The largest absolute Gasteiger partial charge is 0.434 e. The summed E-state index contributed by atoms with van der Waals surface area (Å²) in [5, 5.41) is 7.77. The number of guanidine groups is 1.